The Balaban J connectivity index is 2.61. The minimum Gasteiger partial charge on any atom is -0.454 e. The first kappa shape index (κ1) is 72.6. The third-order valence-electron chi connectivity index (χ3n) is 14.3. The first-order valence-electron chi connectivity index (χ1n) is 31.6. The van der Waals surface area contributed by atoms with Crippen LogP contribution in [0.1, 0.15) is 252 Å². The molecule has 0 radical (unpaired) electrons. The molecule has 0 aliphatic carbocycles. The number of carbonyl (C=O) groups excluding carboxylic acids is 2. The molecule has 1 heterocycles. The van der Waals surface area contributed by atoms with Gasteiger partial charge in [0.05, 0.1) is 25.4 Å². The van der Waals surface area contributed by atoms with E-state index in [9.17, 15) is 35.1 Å². The van der Waals surface area contributed by atoms with Crippen LogP contribution in [0.4, 0.5) is 0 Å². The highest BCUT2D eigenvalue weighted by Crippen LogP contribution is 2.26. The van der Waals surface area contributed by atoms with Crippen LogP contribution in [-0.4, -0.2) is 99.6 Å². The molecule has 0 spiro atoms. The van der Waals surface area contributed by atoms with E-state index >= 15 is 0 Å². The molecule has 6 N–H and O–H groups in total. The molecule has 1 fully saturated rings. The minimum atomic E-state index is -1.63. The number of hydrogen-bond donors (Lipinski definition) is 6. The molecule has 1 saturated heterocycles. The van der Waals surface area contributed by atoms with Gasteiger partial charge in [-0.1, -0.05) is 259 Å². The summed E-state index contributed by atoms with van der Waals surface area (Å²) < 4.78 is 17.6. The quantitative estimate of drug-likeness (QED) is 0.0149. The Morgan fingerprint density at radius 3 is 1.53 bits per heavy atom. The number of hydrogen-bond acceptors (Lipinski definition) is 10. The maximum absolute atomic E-state index is 13.4. The Kier molecular flexibility index (Phi) is 50.4. The lowest BCUT2D eigenvalue weighted by Gasteiger charge is -2.41. The van der Waals surface area contributed by atoms with Crippen LogP contribution in [0.2, 0.25) is 0 Å². The highest BCUT2D eigenvalue weighted by Gasteiger charge is 2.47. The predicted octanol–water partition coefficient (Wildman–Crippen LogP) is 15.1. The van der Waals surface area contributed by atoms with E-state index in [1.165, 1.54) is 122 Å². The average molecular weight is 1090 g/mol. The SMILES string of the molecule is CC/C=C/C=C/C=C\C=C/CCCCC(O)C(=O)NC(COC1OC(CO)C(O)C(O)C1OC(=O)CCCCCCCCCCCCCC/C=C\C/C=C\C/C=C\CCCCC)C(O)/C=C/CCCCCCCCCCCC. The van der Waals surface area contributed by atoms with E-state index in [-0.39, 0.29) is 19.4 Å². The van der Waals surface area contributed by atoms with Crippen molar-refractivity contribution >= 4 is 11.9 Å². The Morgan fingerprint density at radius 2 is 0.974 bits per heavy atom. The Labute approximate surface area is 475 Å². The monoisotopic (exact) mass is 1090 g/mol. The van der Waals surface area contributed by atoms with Crippen molar-refractivity contribution in [1.29, 1.82) is 0 Å². The van der Waals surface area contributed by atoms with Crippen LogP contribution < -0.4 is 5.32 Å². The van der Waals surface area contributed by atoms with Gasteiger partial charge in [-0.05, 0) is 83.5 Å². The smallest absolute Gasteiger partial charge is 0.306 e. The van der Waals surface area contributed by atoms with Crippen molar-refractivity contribution in [3.63, 3.8) is 0 Å². The van der Waals surface area contributed by atoms with Gasteiger partial charge in [-0.2, -0.15) is 0 Å². The number of esters is 1. The van der Waals surface area contributed by atoms with Crippen molar-refractivity contribution < 1.29 is 49.3 Å². The molecule has 1 aliphatic rings. The van der Waals surface area contributed by atoms with E-state index < -0.39 is 67.4 Å². The van der Waals surface area contributed by atoms with E-state index in [0.29, 0.717) is 12.8 Å². The van der Waals surface area contributed by atoms with Gasteiger partial charge in [0.15, 0.2) is 12.4 Å². The zero-order chi connectivity index (χ0) is 56.8. The van der Waals surface area contributed by atoms with E-state index in [0.717, 1.165) is 83.5 Å². The second kappa shape index (κ2) is 54.2. The van der Waals surface area contributed by atoms with Gasteiger partial charge >= 0.3 is 5.97 Å². The van der Waals surface area contributed by atoms with Crippen LogP contribution in [-0.2, 0) is 23.8 Å². The predicted molar refractivity (Wildman–Crippen MR) is 324 cm³/mol. The van der Waals surface area contributed by atoms with Crippen LogP contribution in [0.5, 0.6) is 0 Å². The van der Waals surface area contributed by atoms with Crippen LogP contribution >= 0.6 is 0 Å². The molecular weight excluding hydrogens is 979 g/mol. The molecule has 0 aromatic rings. The number of aliphatic hydroxyl groups is 5. The van der Waals surface area contributed by atoms with Gasteiger partial charge < -0.3 is 45.1 Å². The molecule has 0 saturated carbocycles. The second-order valence-corrected chi connectivity index (χ2v) is 21.5. The van der Waals surface area contributed by atoms with Crippen molar-refractivity contribution in [3.05, 3.63) is 97.2 Å². The second-order valence-electron chi connectivity index (χ2n) is 21.5. The van der Waals surface area contributed by atoms with Gasteiger partial charge in [0, 0.05) is 6.42 Å². The van der Waals surface area contributed by atoms with E-state index in [1.807, 2.05) is 48.6 Å². The average Bonchev–Trinajstić information content (AvgIpc) is 3.45. The third kappa shape index (κ3) is 41.6. The lowest BCUT2D eigenvalue weighted by atomic mass is 9.99. The molecule has 11 nitrogen and oxygen atoms in total. The molecule has 1 aliphatic heterocycles. The topological polar surface area (TPSA) is 175 Å². The molecule has 11 heteroatoms. The van der Waals surface area contributed by atoms with Crippen LogP contribution in [0.3, 0.4) is 0 Å². The zero-order valence-electron chi connectivity index (χ0n) is 49.5. The molecule has 78 heavy (non-hydrogen) atoms. The number of unbranched alkanes of at least 4 members (excludes halogenated alkanes) is 27. The van der Waals surface area contributed by atoms with Crippen molar-refractivity contribution in [3.8, 4) is 0 Å². The molecular formula is C67H115NO10. The summed E-state index contributed by atoms with van der Waals surface area (Å²) >= 11 is 0. The van der Waals surface area contributed by atoms with Gasteiger partial charge in [-0.25, -0.2) is 0 Å². The fraction of sp³-hybridized carbons (Fsp3) is 0.731. The number of aliphatic hydroxyl groups excluding tert-OH is 5. The van der Waals surface area contributed by atoms with Crippen LogP contribution in [0.15, 0.2) is 97.2 Å². The number of ether oxygens (including phenoxy) is 3. The highest BCUT2D eigenvalue weighted by molar-refractivity contribution is 5.80. The fourth-order valence-electron chi connectivity index (χ4n) is 9.32. The Hall–Kier alpha value is -3.42. The van der Waals surface area contributed by atoms with Gasteiger partial charge in [0.2, 0.25) is 5.91 Å². The van der Waals surface area contributed by atoms with Crippen LogP contribution in [0.25, 0.3) is 0 Å². The summed E-state index contributed by atoms with van der Waals surface area (Å²) in [4.78, 5) is 26.5. The summed E-state index contributed by atoms with van der Waals surface area (Å²) in [5, 5.41) is 56.9. The molecule has 8 atom stereocenters. The van der Waals surface area contributed by atoms with Crippen molar-refractivity contribution in [2.45, 2.75) is 301 Å². The summed E-state index contributed by atoms with van der Waals surface area (Å²) in [6.07, 6.45) is 61.7. The van der Waals surface area contributed by atoms with Gasteiger partial charge in [0.1, 0.15) is 24.4 Å². The largest absolute Gasteiger partial charge is 0.454 e. The Morgan fingerprint density at radius 1 is 0.526 bits per heavy atom. The molecule has 1 amide bonds. The molecule has 0 aromatic carbocycles. The van der Waals surface area contributed by atoms with Gasteiger partial charge in [-0.15, -0.1) is 0 Å². The zero-order valence-corrected chi connectivity index (χ0v) is 49.5. The standard InChI is InChI=1S/C67H115NO10/c1-4-7-10-13-16-19-22-25-26-27-28-29-30-31-32-33-34-35-36-37-40-43-46-49-52-55-62(72)78-65-64(74)63(73)61(56-69)77-67(65)76-57-58(59(70)53-50-47-44-41-38-23-20-17-14-11-8-5-2)68-66(75)60(71)54-51-48-45-42-39-24-21-18-15-12-9-6-3/h9,12,15-16,18-19,21,24-26,28-29,39,42,50,53,58-61,63-65,67,69-71,73-74H,4-8,10-11,13-14,17,20,22-23,27,30-38,40-41,43-49,51-52,54-57H2,1-3H3,(H,68,75)/b12-9+,18-15+,19-16-,24-21-,26-25-,29-28-,42-39-,53-50+. The number of carbonyl (C=O) groups is 2. The molecule has 0 aromatic heterocycles. The van der Waals surface area contributed by atoms with Gasteiger partial charge in [-0.3, -0.25) is 9.59 Å². The third-order valence-corrected chi connectivity index (χ3v) is 14.3. The number of rotatable bonds is 52. The molecule has 448 valence electrons. The first-order chi connectivity index (χ1) is 38.2. The van der Waals surface area contributed by atoms with E-state index in [2.05, 4.69) is 68.6 Å². The molecule has 8 unspecified atom stereocenters. The van der Waals surface area contributed by atoms with Crippen molar-refractivity contribution in [2.75, 3.05) is 13.2 Å². The van der Waals surface area contributed by atoms with E-state index in [4.69, 9.17) is 14.2 Å². The summed E-state index contributed by atoms with van der Waals surface area (Å²) in [7, 11) is 0. The minimum absolute atomic E-state index is 0.112. The van der Waals surface area contributed by atoms with Crippen molar-refractivity contribution in [1.82, 2.24) is 5.32 Å². The molecule has 0 bridgehead atoms. The van der Waals surface area contributed by atoms with Gasteiger partial charge in [0.25, 0.3) is 0 Å². The summed E-state index contributed by atoms with van der Waals surface area (Å²) in [6.45, 7) is 5.58. The maximum Gasteiger partial charge on any atom is 0.306 e. The normalized spacial score (nSPS) is 19.6. The number of allylic oxidation sites excluding steroid dienone is 15. The first-order valence-corrected chi connectivity index (χ1v) is 31.6. The lowest BCUT2D eigenvalue weighted by Crippen LogP contribution is -2.61. The maximum atomic E-state index is 13.4. The summed E-state index contributed by atoms with van der Waals surface area (Å²) in [6, 6.07) is -1.05. The fourth-order valence-corrected chi connectivity index (χ4v) is 9.32. The molecule has 1 rings (SSSR count). The lowest BCUT2D eigenvalue weighted by molar-refractivity contribution is -0.305. The van der Waals surface area contributed by atoms with E-state index in [1.54, 1.807) is 6.08 Å². The Bertz CT molecular complexity index is 1630. The summed E-state index contributed by atoms with van der Waals surface area (Å²) in [5.41, 5.74) is 0. The number of amides is 1. The number of nitrogens with one attached hydrogen (secondary N) is 1. The van der Waals surface area contributed by atoms with Crippen molar-refractivity contribution in [2.24, 2.45) is 0 Å². The highest BCUT2D eigenvalue weighted by atomic mass is 16.7. The summed E-state index contributed by atoms with van der Waals surface area (Å²) in [5.74, 6) is -1.24. The van der Waals surface area contributed by atoms with Crippen LogP contribution in [0, 0.1) is 0 Å².